The summed E-state index contributed by atoms with van der Waals surface area (Å²) in [6.45, 7) is 2.70. The van der Waals surface area contributed by atoms with Crippen LogP contribution >= 0.6 is 0 Å². The number of fused-ring (bicyclic) bond motifs is 1. The predicted octanol–water partition coefficient (Wildman–Crippen LogP) is -0.590. The van der Waals surface area contributed by atoms with Crippen molar-refractivity contribution in [3.63, 3.8) is 0 Å². The van der Waals surface area contributed by atoms with Crippen LogP contribution in [0.1, 0.15) is 12.8 Å². The summed E-state index contributed by atoms with van der Waals surface area (Å²) in [5, 5.41) is 27.1. The number of piperidine rings is 1. The lowest BCUT2D eigenvalue weighted by Crippen LogP contribution is -3.01. The van der Waals surface area contributed by atoms with E-state index in [9.17, 15) is 10.4 Å². The van der Waals surface area contributed by atoms with E-state index in [0.29, 0.717) is 29.6 Å². The highest BCUT2D eigenvalue weighted by atomic mass is 16.5. The van der Waals surface area contributed by atoms with Crippen LogP contribution in [0.5, 0.6) is 5.75 Å². The van der Waals surface area contributed by atoms with Crippen LogP contribution in [0.3, 0.4) is 0 Å². The zero-order valence-corrected chi connectivity index (χ0v) is 11.6. The van der Waals surface area contributed by atoms with Crippen molar-refractivity contribution in [3.05, 3.63) is 18.2 Å². The Hall–Kier alpha value is -1.87. The van der Waals surface area contributed by atoms with Gasteiger partial charge in [0.05, 0.1) is 6.61 Å². The monoisotopic (exact) mass is 294 g/mol. The molecule has 21 heavy (non-hydrogen) atoms. The molecule has 8 nitrogen and oxygen atoms in total. The minimum Gasteiger partial charge on any atom is -0.493 e. The number of nitrogens with two attached hydrogens (primary N) is 1. The van der Waals surface area contributed by atoms with E-state index in [1.165, 1.54) is 0 Å². The minimum absolute atomic E-state index is 0.171. The lowest BCUT2D eigenvalue weighted by atomic mass is 9.99. The molecule has 1 atom stereocenters. The second kappa shape index (κ2) is 5.86. The third-order valence-corrected chi connectivity index (χ3v) is 3.82. The molecule has 2 aliphatic heterocycles. The van der Waals surface area contributed by atoms with Crippen molar-refractivity contribution in [2.45, 2.75) is 12.8 Å². The number of hydrogen-bond donors (Lipinski definition) is 5. The lowest BCUT2D eigenvalue weighted by Gasteiger charge is -2.24. The minimum atomic E-state index is -0.210. The third kappa shape index (κ3) is 2.93. The van der Waals surface area contributed by atoms with Crippen molar-refractivity contribution in [2.24, 2.45) is 16.8 Å². The van der Waals surface area contributed by atoms with Gasteiger partial charge in [-0.2, -0.15) is 10.3 Å². The summed E-state index contributed by atoms with van der Waals surface area (Å²) < 4.78 is 5.79. The molecule has 1 fully saturated rings. The first-order valence-corrected chi connectivity index (χ1v) is 7.02. The number of ether oxygens (including phenoxy) is 1. The normalized spacial score (nSPS) is 22.7. The topological polar surface area (TPSA) is 108 Å². The van der Waals surface area contributed by atoms with Gasteiger partial charge in [-0.25, -0.2) is 0 Å². The predicted molar refractivity (Wildman–Crippen MR) is 75.8 cm³/mol. The zero-order chi connectivity index (χ0) is 14.8. The first kappa shape index (κ1) is 14.1. The largest absolute Gasteiger partial charge is 0.493 e. The molecule has 2 aliphatic rings. The lowest BCUT2D eigenvalue weighted by molar-refractivity contribution is -1.04. The van der Waals surface area contributed by atoms with E-state index in [1.807, 2.05) is 0 Å². The molecule has 114 valence electrons. The molecule has 0 aliphatic carbocycles. The summed E-state index contributed by atoms with van der Waals surface area (Å²) >= 11 is 0. The van der Waals surface area contributed by atoms with Gasteiger partial charge < -0.3 is 15.8 Å². The van der Waals surface area contributed by atoms with E-state index in [-0.39, 0.29) is 11.1 Å². The van der Waals surface area contributed by atoms with E-state index in [0.717, 1.165) is 31.0 Å². The standard InChI is InChI=1S/C13H19N5O3/c14-13-16-18(20)11-2-1-10(7-12(11)17(13)19)21-8-9-3-5-15-6-4-9/h1-2,7,9,15,19-20H,3-6,8H2,(H2,14,16)/p+1. The molecule has 1 saturated heterocycles. The van der Waals surface area contributed by atoms with Gasteiger partial charge in [-0.15, -0.1) is 0 Å². The summed E-state index contributed by atoms with van der Waals surface area (Å²) in [6, 6.07) is 5.05. The molecule has 1 unspecified atom stereocenters. The molecule has 8 heteroatoms. The number of anilines is 1. The van der Waals surface area contributed by atoms with Gasteiger partial charge in [-0.05, 0) is 48.2 Å². The molecular formula is C13H20N5O3+. The molecule has 0 spiro atoms. The second-order valence-corrected chi connectivity index (χ2v) is 5.29. The fourth-order valence-corrected chi connectivity index (χ4v) is 2.57. The quantitative estimate of drug-likeness (QED) is 0.510. The van der Waals surface area contributed by atoms with Gasteiger partial charge in [0.2, 0.25) is 5.69 Å². The summed E-state index contributed by atoms with van der Waals surface area (Å²) in [7, 11) is 0. The van der Waals surface area contributed by atoms with E-state index in [1.54, 1.807) is 18.2 Å². The molecule has 0 saturated carbocycles. The molecule has 0 radical (unpaired) electrons. The third-order valence-electron chi connectivity index (χ3n) is 3.82. The molecule has 6 N–H and O–H groups in total. The number of quaternary nitrogens is 1. The van der Waals surface area contributed by atoms with Crippen LogP contribution in [0.4, 0.5) is 11.4 Å². The van der Waals surface area contributed by atoms with Crippen LogP contribution in [0.25, 0.3) is 0 Å². The van der Waals surface area contributed by atoms with Gasteiger partial charge in [0.1, 0.15) is 11.4 Å². The SMILES string of the molecule is NC1=N[NH+](O)c2ccc(OCC3CCNCC3)cc2N1O. The average Bonchev–Trinajstić information content (AvgIpc) is 2.51. The first-order chi connectivity index (χ1) is 10.1. The fraction of sp³-hybridized carbons (Fsp3) is 0.462. The number of nitrogens with zero attached hydrogens (tertiary/aromatic N) is 2. The highest BCUT2D eigenvalue weighted by Crippen LogP contribution is 2.29. The summed E-state index contributed by atoms with van der Waals surface area (Å²) in [4.78, 5) is 0. The molecule has 1 aromatic rings. The fourth-order valence-electron chi connectivity index (χ4n) is 2.57. The van der Waals surface area contributed by atoms with Crippen molar-refractivity contribution < 1.29 is 20.3 Å². The Morgan fingerprint density at radius 3 is 2.95 bits per heavy atom. The smallest absolute Gasteiger partial charge is 0.283 e. The van der Waals surface area contributed by atoms with E-state index in [4.69, 9.17) is 10.5 Å². The maximum absolute atomic E-state index is 9.88. The maximum Gasteiger partial charge on any atom is 0.283 e. The van der Waals surface area contributed by atoms with Crippen molar-refractivity contribution in [1.82, 2.24) is 5.32 Å². The van der Waals surface area contributed by atoms with Gasteiger partial charge in [0, 0.05) is 12.1 Å². The number of benzene rings is 1. The summed E-state index contributed by atoms with van der Waals surface area (Å²) in [5.74, 6) is 1.00. The van der Waals surface area contributed by atoms with Crippen molar-refractivity contribution >= 4 is 17.3 Å². The van der Waals surface area contributed by atoms with Crippen LogP contribution in [-0.4, -0.2) is 36.1 Å². The number of nitrogens with one attached hydrogen (secondary N) is 2. The molecule has 0 amide bonds. The second-order valence-electron chi connectivity index (χ2n) is 5.29. The number of guanidine groups is 1. The summed E-state index contributed by atoms with van der Waals surface area (Å²) in [6.07, 6.45) is 2.20. The average molecular weight is 294 g/mol. The van der Waals surface area contributed by atoms with E-state index in [2.05, 4.69) is 10.4 Å². The van der Waals surface area contributed by atoms with Gasteiger partial charge >= 0.3 is 0 Å². The Morgan fingerprint density at radius 2 is 2.19 bits per heavy atom. The zero-order valence-electron chi connectivity index (χ0n) is 11.6. The van der Waals surface area contributed by atoms with Crippen molar-refractivity contribution in [3.8, 4) is 5.75 Å². The molecule has 1 aromatic carbocycles. The van der Waals surface area contributed by atoms with Crippen LogP contribution in [0, 0.1) is 5.92 Å². The van der Waals surface area contributed by atoms with Crippen molar-refractivity contribution in [1.29, 1.82) is 0 Å². The van der Waals surface area contributed by atoms with E-state index < -0.39 is 0 Å². The Morgan fingerprint density at radius 1 is 1.43 bits per heavy atom. The van der Waals surface area contributed by atoms with Crippen LogP contribution < -0.4 is 26.0 Å². The summed E-state index contributed by atoms with van der Waals surface area (Å²) in [5.41, 5.74) is 6.30. The van der Waals surface area contributed by atoms with Crippen molar-refractivity contribution in [2.75, 3.05) is 24.8 Å². The van der Waals surface area contributed by atoms with Gasteiger partial charge in [-0.1, -0.05) is 0 Å². The van der Waals surface area contributed by atoms with Gasteiger partial charge in [0.15, 0.2) is 0 Å². The Balaban J connectivity index is 1.71. The Labute approximate surface area is 122 Å². The first-order valence-electron chi connectivity index (χ1n) is 7.02. The molecule has 0 aromatic heterocycles. The molecule has 2 heterocycles. The van der Waals surface area contributed by atoms with Crippen LogP contribution in [0.15, 0.2) is 23.3 Å². The van der Waals surface area contributed by atoms with Gasteiger partial charge in [0.25, 0.3) is 5.96 Å². The van der Waals surface area contributed by atoms with E-state index >= 15 is 0 Å². The maximum atomic E-state index is 9.88. The number of rotatable bonds is 3. The Kier molecular flexibility index (Phi) is 3.93. The van der Waals surface area contributed by atoms with Crippen LogP contribution in [0.2, 0.25) is 0 Å². The number of hydroxylamine groups is 1. The molecule has 3 rings (SSSR count). The Bertz CT molecular complexity index is 545. The van der Waals surface area contributed by atoms with Crippen LogP contribution in [-0.2, 0) is 0 Å². The molecular weight excluding hydrogens is 274 g/mol. The highest BCUT2D eigenvalue weighted by Gasteiger charge is 2.28. The van der Waals surface area contributed by atoms with Gasteiger partial charge in [-0.3, -0.25) is 5.21 Å². The highest BCUT2D eigenvalue weighted by molar-refractivity contribution is 5.95. The molecule has 0 bridgehead atoms. The number of hydrogen-bond acceptors (Lipinski definition) is 7.